The Hall–Kier alpha value is -3.64. The molecule has 0 unspecified atom stereocenters. The van der Waals surface area contributed by atoms with Crippen LogP contribution in [0, 0.1) is 0 Å². The molecule has 0 spiro atoms. The maximum absolute atomic E-state index is 12.8. The molecule has 6 nitrogen and oxygen atoms in total. The van der Waals surface area contributed by atoms with Gasteiger partial charge in [0.2, 0.25) is 0 Å². The van der Waals surface area contributed by atoms with E-state index in [1.54, 1.807) is 26.4 Å². The van der Waals surface area contributed by atoms with Gasteiger partial charge in [-0.1, -0.05) is 60.7 Å². The molecule has 0 aliphatic rings. The molecule has 0 aliphatic heterocycles. The molecule has 0 amide bonds. The van der Waals surface area contributed by atoms with Crippen LogP contribution in [0.3, 0.4) is 0 Å². The molecular formula is C26H27N3O3. The van der Waals surface area contributed by atoms with E-state index in [1.165, 1.54) is 11.1 Å². The monoisotopic (exact) mass is 429 g/mol. The highest BCUT2D eigenvalue weighted by Crippen LogP contribution is 2.30. The van der Waals surface area contributed by atoms with Crippen LogP contribution in [0.25, 0.3) is 10.9 Å². The van der Waals surface area contributed by atoms with E-state index in [4.69, 9.17) is 14.5 Å². The van der Waals surface area contributed by atoms with Gasteiger partial charge in [-0.25, -0.2) is 4.98 Å². The lowest BCUT2D eigenvalue weighted by molar-refractivity contribution is 0.253. The van der Waals surface area contributed by atoms with E-state index in [-0.39, 0.29) is 5.56 Å². The molecule has 1 heterocycles. The Bertz CT molecular complexity index is 1220. The van der Waals surface area contributed by atoms with E-state index >= 15 is 0 Å². The molecule has 0 atom stereocenters. The zero-order valence-electron chi connectivity index (χ0n) is 18.4. The van der Waals surface area contributed by atoms with E-state index < -0.39 is 0 Å². The van der Waals surface area contributed by atoms with Gasteiger partial charge in [0.05, 0.1) is 31.7 Å². The van der Waals surface area contributed by atoms with Crippen molar-refractivity contribution < 1.29 is 9.47 Å². The fraction of sp³-hybridized carbons (Fsp3) is 0.231. The molecule has 1 N–H and O–H groups in total. The second kappa shape index (κ2) is 10.1. The van der Waals surface area contributed by atoms with Crippen LogP contribution in [0.4, 0.5) is 0 Å². The summed E-state index contributed by atoms with van der Waals surface area (Å²) in [6.07, 6.45) is 0.913. The molecule has 164 valence electrons. The van der Waals surface area contributed by atoms with Crippen LogP contribution >= 0.6 is 0 Å². The highest BCUT2D eigenvalue weighted by molar-refractivity contribution is 5.81. The van der Waals surface area contributed by atoms with Gasteiger partial charge in [-0.15, -0.1) is 0 Å². The van der Waals surface area contributed by atoms with Crippen molar-refractivity contribution >= 4 is 10.9 Å². The van der Waals surface area contributed by atoms with E-state index in [2.05, 4.69) is 46.3 Å². The Morgan fingerprint density at radius 2 is 1.47 bits per heavy atom. The largest absolute Gasteiger partial charge is 0.493 e. The van der Waals surface area contributed by atoms with Gasteiger partial charge < -0.3 is 14.5 Å². The first-order valence-electron chi connectivity index (χ1n) is 10.6. The number of hydrogen-bond donors (Lipinski definition) is 1. The minimum atomic E-state index is -0.186. The van der Waals surface area contributed by atoms with Gasteiger partial charge in [-0.05, 0) is 23.6 Å². The lowest BCUT2D eigenvalue weighted by Crippen LogP contribution is -2.27. The number of hydrogen-bond acceptors (Lipinski definition) is 5. The van der Waals surface area contributed by atoms with Crippen LogP contribution in [0.5, 0.6) is 11.5 Å². The first-order chi connectivity index (χ1) is 15.7. The van der Waals surface area contributed by atoms with Crippen LogP contribution < -0.4 is 15.0 Å². The highest BCUT2D eigenvalue weighted by atomic mass is 16.5. The number of aromatic amines is 1. The summed E-state index contributed by atoms with van der Waals surface area (Å²) >= 11 is 0. The average Bonchev–Trinajstić information content (AvgIpc) is 2.83. The summed E-state index contributed by atoms with van der Waals surface area (Å²) in [6, 6.07) is 24.2. The van der Waals surface area contributed by atoms with Crippen molar-refractivity contribution in [2.24, 2.45) is 0 Å². The number of aromatic nitrogens is 2. The molecule has 1 aromatic heterocycles. The van der Waals surface area contributed by atoms with Crippen molar-refractivity contribution in [3.63, 3.8) is 0 Å². The maximum atomic E-state index is 12.8. The topological polar surface area (TPSA) is 67.5 Å². The number of rotatable bonds is 9. The minimum Gasteiger partial charge on any atom is -0.493 e. The van der Waals surface area contributed by atoms with Gasteiger partial charge in [0.25, 0.3) is 5.56 Å². The fourth-order valence-corrected chi connectivity index (χ4v) is 3.79. The molecular weight excluding hydrogens is 402 g/mol. The van der Waals surface area contributed by atoms with Crippen molar-refractivity contribution in [2.45, 2.75) is 19.5 Å². The summed E-state index contributed by atoms with van der Waals surface area (Å²) in [5, 5.41) is 0.477. The van der Waals surface area contributed by atoms with Crippen molar-refractivity contribution in [2.75, 3.05) is 20.8 Å². The first kappa shape index (κ1) is 21.6. The highest BCUT2D eigenvalue weighted by Gasteiger charge is 2.14. The summed E-state index contributed by atoms with van der Waals surface area (Å²) in [5.41, 5.74) is 2.90. The third kappa shape index (κ3) is 5.15. The van der Waals surface area contributed by atoms with Gasteiger partial charge in [-0.3, -0.25) is 9.69 Å². The van der Waals surface area contributed by atoms with Crippen LogP contribution in [0.2, 0.25) is 0 Å². The SMILES string of the molecule is COc1cc2nc(CN(CCc3ccccc3)Cc3ccccc3)[nH]c(=O)c2cc1OC. The molecule has 4 aromatic rings. The molecule has 4 rings (SSSR count). The van der Waals surface area contributed by atoms with Gasteiger partial charge in [0.15, 0.2) is 11.5 Å². The number of nitrogens with one attached hydrogen (secondary N) is 1. The minimum absolute atomic E-state index is 0.186. The first-order valence-corrected chi connectivity index (χ1v) is 10.6. The lowest BCUT2D eigenvalue weighted by Gasteiger charge is -2.22. The molecule has 0 saturated heterocycles. The normalized spacial score (nSPS) is 11.1. The number of methoxy groups -OCH3 is 2. The molecule has 0 saturated carbocycles. The molecule has 0 aliphatic carbocycles. The molecule has 0 fully saturated rings. The molecule has 32 heavy (non-hydrogen) atoms. The van der Waals surface area contributed by atoms with Crippen molar-refractivity contribution in [1.29, 1.82) is 0 Å². The molecule has 0 radical (unpaired) electrons. The second-order valence-electron chi connectivity index (χ2n) is 7.67. The Kier molecular flexibility index (Phi) is 6.82. The van der Waals surface area contributed by atoms with Crippen molar-refractivity contribution in [3.8, 4) is 11.5 Å². The fourth-order valence-electron chi connectivity index (χ4n) is 3.79. The van der Waals surface area contributed by atoms with E-state index in [0.29, 0.717) is 34.8 Å². The van der Waals surface area contributed by atoms with Crippen molar-refractivity contribution in [3.05, 3.63) is 100 Å². The summed E-state index contributed by atoms with van der Waals surface area (Å²) < 4.78 is 10.7. The summed E-state index contributed by atoms with van der Waals surface area (Å²) in [7, 11) is 3.12. The lowest BCUT2D eigenvalue weighted by atomic mass is 10.1. The Morgan fingerprint density at radius 1 is 0.844 bits per heavy atom. The average molecular weight is 430 g/mol. The predicted molar refractivity (Wildman–Crippen MR) is 126 cm³/mol. The van der Waals surface area contributed by atoms with Gasteiger partial charge in [0.1, 0.15) is 5.82 Å². The number of fused-ring (bicyclic) bond motifs is 1. The quantitative estimate of drug-likeness (QED) is 0.432. The van der Waals surface area contributed by atoms with E-state index in [1.807, 2.05) is 24.3 Å². The van der Waals surface area contributed by atoms with Gasteiger partial charge in [-0.2, -0.15) is 0 Å². The number of benzene rings is 3. The third-order valence-corrected chi connectivity index (χ3v) is 5.44. The molecule has 6 heteroatoms. The van der Waals surface area contributed by atoms with Gasteiger partial charge >= 0.3 is 0 Å². The number of nitrogens with zero attached hydrogens (tertiary/aromatic N) is 2. The van der Waals surface area contributed by atoms with Crippen LogP contribution in [-0.4, -0.2) is 35.6 Å². The van der Waals surface area contributed by atoms with E-state index in [9.17, 15) is 4.79 Å². The Labute approximate surface area is 187 Å². The standard InChI is InChI=1S/C26H27N3O3/c1-31-23-15-21-22(16-24(23)32-2)27-25(28-26(21)30)18-29(17-20-11-7-4-8-12-20)14-13-19-9-5-3-6-10-19/h3-12,15-16H,13-14,17-18H2,1-2H3,(H,27,28,30). The third-order valence-electron chi connectivity index (χ3n) is 5.44. The smallest absolute Gasteiger partial charge is 0.258 e. The molecule has 0 bridgehead atoms. The Morgan fingerprint density at radius 3 is 2.12 bits per heavy atom. The Balaban J connectivity index is 1.61. The van der Waals surface area contributed by atoms with Crippen LogP contribution in [-0.2, 0) is 19.5 Å². The number of ether oxygens (including phenoxy) is 2. The predicted octanol–water partition coefficient (Wildman–Crippen LogP) is 4.19. The summed E-state index contributed by atoms with van der Waals surface area (Å²) in [4.78, 5) is 22.7. The summed E-state index contributed by atoms with van der Waals surface area (Å²) in [6.45, 7) is 2.13. The zero-order chi connectivity index (χ0) is 22.3. The zero-order valence-corrected chi connectivity index (χ0v) is 18.4. The van der Waals surface area contributed by atoms with E-state index in [0.717, 1.165) is 19.5 Å². The van der Waals surface area contributed by atoms with Gasteiger partial charge in [0, 0.05) is 19.2 Å². The second-order valence-corrected chi connectivity index (χ2v) is 7.67. The van der Waals surface area contributed by atoms with Crippen LogP contribution in [0.1, 0.15) is 17.0 Å². The number of H-pyrrole nitrogens is 1. The van der Waals surface area contributed by atoms with Crippen LogP contribution in [0.15, 0.2) is 77.6 Å². The summed E-state index contributed by atoms with van der Waals surface area (Å²) in [5.74, 6) is 1.68. The maximum Gasteiger partial charge on any atom is 0.258 e. The van der Waals surface area contributed by atoms with Crippen molar-refractivity contribution in [1.82, 2.24) is 14.9 Å². The molecule has 3 aromatic carbocycles.